The quantitative estimate of drug-likeness (QED) is 0.812. The first-order chi connectivity index (χ1) is 13.2. The van der Waals surface area contributed by atoms with Gasteiger partial charge in [0.25, 0.3) is 5.91 Å². The van der Waals surface area contributed by atoms with E-state index in [2.05, 4.69) is 10.6 Å². The molecule has 4 aliphatic carbocycles. The molecule has 4 aliphatic rings. The number of imide groups is 1. The number of para-hydroxylation sites is 1. The molecular weight excluding hydrogens is 373 g/mol. The summed E-state index contributed by atoms with van der Waals surface area (Å²) in [5.74, 6) is 0.712. The van der Waals surface area contributed by atoms with Crippen molar-refractivity contribution in [2.45, 2.75) is 50.2 Å². The summed E-state index contributed by atoms with van der Waals surface area (Å²) in [7, 11) is 0. The molecule has 4 bridgehead atoms. The zero-order valence-electron chi connectivity index (χ0n) is 15.3. The van der Waals surface area contributed by atoms with Crippen molar-refractivity contribution >= 4 is 11.9 Å². The Labute approximate surface area is 161 Å². The average molecular weight is 396 g/mol. The fourth-order valence-electron chi connectivity index (χ4n) is 5.67. The number of carbonyl (C=O) groups excluding carboxylic acids is 2. The van der Waals surface area contributed by atoms with Gasteiger partial charge in [-0.2, -0.15) is 13.2 Å². The SMILES string of the molecule is O=C(COc1ccccc1C(F)(F)F)NC(=O)NC12CC3CC(CC(C3)C1)C2. The van der Waals surface area contributed by atoms with E-state index in [1.165, 1.54) is 31.4 Å². The van der Waals surface area contributed by atoms with Crippen molar-refractivity contribution in [3.8, 4) is 5.75 Å². The van der Waals surface area contributed by atoms with Crippen LogP contribution in [0.2, 0.25) is 0 Å². The van der Waals surface area contributed by atoms with E-state index < -0.39 is 36.0 Å². The van der Waals surface area contributed by atoms with Crippen molar-refractivity contribution in [1.82, 2.24) is 10.6 Å². The van der Waals surface area contributed by atoms with Crippen LogP contribution < -0.4 is 15.4 Å². The fraction of sp³-hybridized carbons (Fsp3) is 0.600. The number of nitrogens with one attached hydrogen (secondary N) is 2. The Balaban J connectivity index is 1.31. The third-order valence-electron chi connectivity index (χ3n) is 6.22. The van der Waals surface area contributed by atoms with Crippen LogP contribution in [0.25, 0.3) is 0 Å². The Morgan fingerprint density at radius 3 is 2.18 bits per heavy atom. The molecule has 0 atom stereocenters. The maximum absolute atomic E-state index is 13.0. The van der Waals surface area contributed by atoms with Crippen LogP contribution in [0.4, 0.5) is 18.0 Å². The Morgan fingerprint density at radius 1 is 1.04 bits per heavy atom. The standard InChI is InChI=1S/C20H23F3N2O3/c21-20(22,23)15-3-1-2-4-16(15)28-11-17(26)24-18(27)25-19-8-12-5-13(9-19)7-14(6-12)10-19/h1-4,12-14H,5-11H2,(H2,24,25,26,27). The number of halogens is 3. The van der Waals surface area contributed by atoms with Crippen LogP contribution in [0.3, 0.4) is 0 Å². The lowest BCUT2D eigenvalue weighted by atomic mass is 9.53. The lowest BCUT2D eigenvalue weighted by Gasteiger charge is -2.56. The summed E-state index contributed by atoms with van der Waals surface area (Å²) in [4.78, 5) is 24.3. The molecule has 5 nitrogen and oxygen atoms in total. The summed E-state index contributed by atoms with van der Waals surface area (Å²) in [5.41, 5.74) is -1.20. The normalized spacial score (nSPS) is 30.8. The van der Waals surface area contributed by atoms with Gasteiger partial charge in [-0.3, -0.25) is 10.1 Å². The molecule has 0 aliphatic heterocycles. The van der Waals surface area contributed by atoms with E-state index in [0.29, 0.717) is 17.8 Å². The zero-order chi connectivity index (χ0) is 19.9. The van der Waals surface area contributed by atoms with E-state index >= 15 is 0 Å². The second-order valence-corrected chi connectivity index (χ2v) is 8.48. The third-order valence-corrected chi connectivity index (χ3v) is 6.22. The highest BCUT2D eigenvalue weighted by atomic mass is 19.4. The van der Waals surface area contributed by atoms with Crippen LogP contribution in [0, 0.1) is 17.8 Å². The number of urea groups is 1. The molecule has 0 aromatic heterocycles. The van der Waals surface area contributed by atoms with Crippen molar-refractivity contribution in [2.24, 2.45) is 17.8 Å². The van der Waals surface area contributed by atoms with Crippen molar-refractivity contribution < 1.29 is 27.5 Å². The topological polar surface area (TPSA) is 67.4 Å². The number of hydrogen-bond donors (Lipinski definition) is 2. The van der Waals surface area contributed by atoms with Gasteiger partial charge in [-0.25, -0.2) is 4.79 Å². The van der Waals surface area contributed by atoms with Crippen LogP contribution in [0.5, 0.6) is 5.75 Å². The fourth-order valence-corrected chi connectivity index (χ4v) is 5.67. The largest absolute Gasteiger partial charge is 0.483 e. The molecule has 4 saturated carbocycles. The molecule has 8 heteroatoms. The molecule has 28 heavy (non-hydrogen) atoms. The Hall–Kier alpha value is -2.25. The van der Waals surface area contributed by atoms with Crippen molar-refractivity contribution in [2.75, 3.05) is 6.61 Å². The first kappa shape index (κ1) is 19.1. The number of hydrogen-bond acceptors (Lipinski definition) is 3. The Kier molecular flexibility index (Phi) is 4.75. The van der Waals surface area contributed by atoms with Gasteiger partial charge >= 0.3 is 12.2 Å². The summed E-state index contributed by atoms with van der Waals surface area (Å²) in [6.45, 7) is -0.665. The van der Waals surface area contributed by atoms with Crippen LogP contribution >= 0.6 is 0 Å². The second kappa shape index (κ2) is 6.97. The number of benzene rings is 1. The van der Waals surface area contributed by atoms with Gasteiger partial charge in [0.2, 0.25) is 0 Å². The Morgan fingerprint density at radius 2 is 1.61 bits per heavy atom. The smallest absolute Gasteiger partial charge is 0.419 e. The van der Waals surface area contributed by atoms with Crippen LogP contribution in [-0.4, -0.2) is 24.1 Å². The number of alkyl halides is 3. The summed E-state index contributed by atoms with van der Waals surface area (Å²) in [6.07, 6.45) is 1.93. The van der Waals surface area contributed by atoms with Crippen molar-refractivity contribution in [1.29, 1.82) is 0 Å². The molecule has 0 saturated heterocycles. The molecule has 152 valence electrons. The van der Waals surface area contributed by atoms with Crippen molar-refractivity contribution in [3.05, 3.63) is 29.8 Å². The van der Waals surface area contributed by atoms with Gasteiger partial charge < -0.3 is 10.1 Å². The minimum absolute atomic E-state index is 0.247. The highest BCUT2D eigenvalue weighted by molar-refractivity contribution is 5.95. The minimum atomic E-state index is -4.58. The highest BCUT2D eigenvalue weighted by Gasteiger charge is 2.51. The molecule has 0 spiro atoms. The first-order valence-electron chi connectivity index (χ1n) is 9.63. The summed E-state index contributed by atoms with van der Waals surface area (Å²) >= 11 is 0. The van der Waals surface area contributed by atoms with Gasteiger partial charge in [0.05, 0.1) is 5.56 Å². The van der Waals surface area contributed by atoms with E-state index in [1.54, 1.807) is 0 Å². The molecular formula is C20H23F3N2O3. The number of ether oxygens (including phenoxy) is 1. The molecule has 3 amide bonds. The molecule has 5 rings (SSSR count). The highest BCUT2D eigenvalue weighted by Crippen LogP contribution is 2.55. The van der Waals surface area contributed by atoms with E-state index in [0.717, 1.165) is 31.4 Å². The maximum Gasteiger partial charge on any atom is 0.419 e. The van der Waals surface area contributed by atoms with Crippen LogP contribution in [0.1, 0.15) is 44.1 Å². The first-order valence-corrected chi connectivity index (χ1v) is 9.63. The Bertz CT molecular complexity index is 743. The molecule has 4 fully saturated rings. The monoisotopic (exact) mass is 396 g/mol. The predicted octanol–water partition coefficient (Wildman–Crippen LogP) is 3.88. The van der Waals surface area contributed by atoms with E-state index in [1.807, 2.05) is 0 Å². The van der Waals surface area contributed by atoms with E-state index in [4.69, 9.17) is 4.74 Å². The van der Waals surface area contributed by atoms with Crippen molar-refractivity contribution in [3.63, 3.8) is 0 Å². The molecule has 1 aromatic rings. The van der Waals surface area contributed by atoms with E-state index in [-0.39, 0.29) is 5.54 Å². The summed E-state index contributed by atoms with van der Waals surface area (Å²) in [5, 5.41) is 5.17. The number of rotatable bonds is 4. The van der Waals surface area contributed by atoms with Gasteiger partial charge in [0.1, 0.15) is 5.75 Å². The third kappa shape index (κ3) is 3.95. The maximum atomic E-state index is 13.0. The number of carbonyl (C=O) groups is 2. The van der Waals surface area contributed by atoms with Crippen LogP contribution in [-0.2, 0) is 11.0 Å². The summed E-state index contributed by atoms with van der Waals surface area (Å²) in [6, 6.07) is 4.06. The predicted molar refractivity (Wildman–Crippen MR) is 94.5 cm³/mol. The lowest BCUT2D eigenvalue weighted by Crippen LogP contribution is -2.62. The molecule has 1 aromatic carbocycles. The van der Waals surface area contributed by atoms with Gasteiger partial charge in [-0.1, -0.05) is 12.1 Å². The number of amides is 3. The summed E-state index contributed by atoms with van der Waals surface area (Å²) < 4.78 is 43.9. The van der Waals surface area contributed by atoms with Gasteiger partial charge in [0.15, 0.2) is 6.61 Å². The second-order valence-electron chi connectivity index (χ2n) is 8.48. The van der Waals surface area contributed by atoms with Gasteiger partial charge in [-0.15, -0.1) is 0 Å². The lowest BCUT2D eigenvalue weighted by molar-refractivity contribution is -0.139. The molecule has 0 unspecified atom stereocenters. The average Bonchev–Trinajstić information content (AvgIpc) is 2.57. The van der Waals surface area contributed by atoms with Gasteiger partial charge in [-0.05, 0) is 68.4 Å². The van der Waals surface area contributed by atoms with Gasteiger partial charge in [0, 0.05) is 5.54 Å². The minimum Gasteiger partial charge on any atom is -0.483 e. The van der Waals surface area contributed by atoms with E-state index in [9.17, 15) is 22.8 Å². The molecule has 2 N–H and O–H groups in total. The zero-order valence-corrected chi connectivity index (χ0v) is 15.3. The molecule has 0 heterocycles. The van der Waals surface area contributed by atoms with Crippen LogP contribution in [0.15, 0.2) is 24.3 Å². The molecule has 0 radical (unpaired) electrons.